The quantitative estimate of drug-likeness (QED) is 0.846. The molecule has 0 spiro atoms. The van der Waals surface area contributed by atoms with Crippen molar-refractivity contribution in [3.05, 3.63) is 22.7 Å². The predicted molar refractivity (Wildman–Crippen MR) is 55.3 cm³/mol. The lowest BCUT2D eigenvalue weighted by Gasteiger charge is -2.14. The molecule has 0 fully saturated rings. The van der Waals surface area contributed by atoms with E-state index in [1.54, 1.807) is 0 Å². The molecule has 1 aromatic carbocycles. The maximum absolute atomic E-state index is 12.0. The molecular weight excluding hydrogens is 313 g/mol. The van der Waals surface area contributed by atoms with Gasteiger partial charge in [-0.3, -0.25) is 0 Å². The second kappa shape index (κ2) is 5.52. The van der Waals surface area contributed by atoms with Crippen molar-refractivity contribution in [1.29, 1.82) is 0 Å². The van der Waals surface area contributed by atoms with E-state index in [1.165, 1.54) is 12.1 Å². The van der Waals surface area contributed by atoms with Gasteiger partial charge in [0.25, 0.3) is 6.43 Å². The average Bonchev–Trinajstić information content (AvgIpc) is 2.13. The van der Waals surface area contributed by atoms with Crippen LogP contribution in [0.15, 0.2) is 22.7 Å². The number of benzene rings is 1. The van der Waals surface area contributed by atoms with Gasteiger partial charge in [-0.15, -0.1) is 13.2 Å². The smallest absolute Gasteiger partial charge is 0.404 e. The summed E-state index contributed by atoms with van der Waals surface area (Å²) < 4.78 is 64.0. The number of rotatable bonds is 4. The first-order valence-corrected chi connectivity index (χ1v) is 5.14. The summed E-state index contributed by atoms with van der Waals surface area (Å²) in [5.74, 6) is -0.562. The van der Waals surface area contributed by atoms with Gasteiger partial charge in [-0.2, -0.15) is 0 Å². The highest BCUT2D eigenvalue weighted by Gasteiger charge is 2.32. The number of hydrogen-bond acceptors (Lipinski definition) is 2. The molecule has 0 atom stereocenters. The Bertz CT molecular complexity index is 382. The molecule has 8 heteroatoms. The molecule has 0 amide bonds. The molecule has 0 aliphatic rings. The molecule has 0 aliphatic carbocycles. The molecule has 1 N–H and O–H groups in total. The summed E-state index contributed by atoms with van der Waals surface area (Å²) in [4.78, 5) is 0. The number of anilines is 1. The van der Waals surface area contributed by atoms with Gasteiger partial charge in [0, 0.05) is 4.47 Å². The maximum atomic E-state index is 12.0. The first-order valence-electron chi connectivity index (χ1n) is 4.35. The zero-order valence-corrected chi connectivity index (χ0v) is 9.78. The summed E-state index contributed by atoms with van der Waals surface area (Å²) in [6.07, 6.45) is -7.54. The largest absolute Gasteiger partial charge is 0.573 e. The van der Waals surface area contributed by atoms with Gasteiger partial charge < -0.3 is 10.1 Å². The van der Waals surface area contributed by atoms with Gasteiger partial charge in [-0.25, -0.2) is 8.78 Å². The van der Waals surface area contributed by atoms with Crippen molar-refractivity contribution in [2.45, 2.75) is 12.8 Å². The number of alkyl halides is 5. The Balaban J connectivity index is 2.88. The van der Waals surface area contributed by atoms with Crippen LogP contribution in [0.1, 0.15) is 0 Å². The monoisotopic (exact) mass is 319 g/mol. The highest BCUT2D eigenvalue weighted by Crippen LogP contribution is 2.32. The fourth-order valence-corrected chi connectivity index (χ4v) is 1.38. The predicted octanol–water partition coefficient (Wildman–Crippen LogP) is 4.02. The third kappa shape index (κ3) is 5.20. The van der Waals surface area contributed by atoms with Crippen molar-refractivity contribution < 1.29 is 26.7 Å². The van der Waals surface area contributed by atoms with Gasteiger partial charge in [0.15, 0.2) is 5.75 Å². The number of hydrogen-bond donors (Lipinski definition) is 1. The zero-order chi connectivity index (χ0) is 13.1. The van der Waals surface area contributed by atoms with Crippen LogP contribution in [0.2, 0.25) is 0 Å². The normalized spacial score (nSPS) is 11.7. The van der Waals surface area contributed by atoms with Crippen molar-refractivity contribution >= 4 is 21.6 Å². The molecule has 0 aliphatic heterocycles. The van der Waals surface area contributed by atoms with E-state index in [9.17, 15) is 22.0 Å². The summed E-state index contributed by atoms with van der Waals surface area (Å²) in [7, 11) is 0. The van der Waals surface area contributed by atoms with Crippen molar-refractivity contribution in [2.75, 3.05) is 11.9 Å². The molecule has 0 unspecified atom stereocenters. The molecule has 0 aromatic heterocycles. The number of halogens is 6. The summed E-state index contributed by atoms with van der Waals surface area (Å²) in [5.41, 5.74) is -0.147. The van der Waals surface area contributed by atoms with Crippen LogP contribution in [0.3, 0.4) is 0 Å². The van der Waals surface area contributed by atoms with E-state index < -0.39 is 25.1 Å². The minimum Gasteiger partial charge on any atom is -0.404 e. The Kier molecular flexibility index (Phi) is 4.55. The molecule has 1 aromatic rings. The topological polar surface area (TPSA) is 21.3 Å². The van der Waals surface area contributed by atoms with Gasteiger partial charge in [0.1, 0.15) is 0 Å². The minimum atomic E-state index is -4.87. The Labute approximate surface area is 102 Å². The molecule has 0 radical (unpaired) electrons. The molecule has 96 valence electrons. The molecule has 17 heavy (non-hydrogen) atoms. The Morgan fingerprint density at radius 1 is 1.29 bits per heavy atom. The standard InChI is InChI=1S/C9H7BrF5NO/c10-5-1-2-6(16-4-8(11)12)7(3-5)17-9(13,14)15/h1-3,8,16H,4H2. The third-order valence-electron chi connectivity index (χ3n) is 1.62. The van der Waals surface area contributed by atoms with Crippen LogP contribution in [0.5, 0.6) is 5.75 Å². The first kappa shape index (κ1) is 14.0. The minimum absolute atomic E-state index is 0.147. The fourth-order valence-electron chi connectivity index (χ4n) is 1.04. The van der Waals surface area contributed by atoms with Crippen molar-refractivity contribution in [1.82, 2.24) is 0 Å². The van der Waals surface area contributed by atoms with E-state index in [0.29, 0.717) is 4.47 Å². The Morgan fingerprint density at radius 2 is 1.94 bits per heavy atom. The van der Waals surface area contributed by atoms with Crippen LogP contribution in [-0.4, -0.2) is 19.3 Å². The Morgan fingerprint density at radius 3 is 2.47 bits per heavy atom. The van der Waals surface area contributed by atoms with E-state index in [1.807, 2.05) is 0 Å². The first-order chi connectivity index (χ1) is 7.78. The van der Waals surface area contributed by atoms with Crippen LogP contribution in [0.4, 0.5) is 27.6 Å². The van der Waals surface area contributed by atoms with Crippen LogP contribution in [0, 0.1) is 0 Å². The third-order valence-corrected chi connectivity index (χ3v) is 2.11. The number of ether oxygens (including phenoxy) is 1. The summed E-state index contributed by atoms with van der Waals surface area (Å²) in [6, 6.07) is 3.67. The van der Waals surface area contributed by atoms with Gasteiger partial charge in [-0.05, 0) is 18.2 Å². The van der Waals surface area contributed by atoms with Gasteiger partial charge in [0.05, 0.1) is 12.2 Å². The van der Waals surface area contributed by atoms with Crippen molar-refractivity contribution in [3.8, 4) is 5.75 Å². The Hall–Kier alpha value is -1.05. The SMILES string of the molecule is FC(F)CNc1ccc(Br)cc1OC(F)(F)F. The lowest BCUT2D eigenvalue weighted by atomic mass is 10.3. The lowest BCUT2D eigenvalue weighted by molar-refractivity contribution is -0.274. The second-order valence-corrected chi connectivity index (χ2v) is 3.88. The number of nitrogens with one attached hydrogen (secondary N) is 1. The molecule has 2 nitrogen and oxygen atoms in total. The van der Waals surface area contributed by atoms with E-state index >= 15 is 0 Å². The second-order valence-electron chi connectivity index (χ2n) is 2.96. The summed E-state index contributed by atoms with van der Waals surface area (Å²) in [5, 5.41) is 2.17. The molecule has 0 saturated carbocycles. The van der Waals surface area contributed by atoms with Crippen molar-refractivity contribution in [2.24, 2.45) is 0 Å². The van der Waals surface area contributed by atoms with Crippen molar-refractivity contribution in [3.63, 3.8) is 0 Å². The highest BCUT2D eigenvalue weighted by molar-refractivity contribution is 9.10. The van der Waals surface area contributed by atoms with Gasteiger partial charge in [-0.1, -0.05) is 15.9 Å². The zero-order valence-electron chi connectivity index (χ0n) is 8.19. The molecule has 1 rings (SSSR count). The van der Waals surface area contributed by atoms with Crippen LogP contribution >= 0.6 is 15.9 Å². The van der Waals surface area contributed by atoms with Crippen LogP contribution in [-0.2, 0) is 0 Å². The van der Waals surface area contributed by atoms with E-state index in [4.69, 9.17) is 0 Å². The fraction of sp³-hybridized carbons (Fsp3) is 0.333. The van der Waals surface area contributed by atoms with E-state index in [-0.39, 0.29) is 5.69 Å². The summed E-state index contributed by atoms with van der Waals surface area (Å²) in [6.45, 7) is -0.754. The van der Waals surface area contributed by atoms with E-state index in [0.717, 1.165) is 6.07 Å². The molecule has 0 bridgehead atoms. The van der Waals surface area contributed by atoms with Gasteiger partial charge >= 0.3 is 6.36 Å². The maximum Gasteiger partial charge on any atom is 0.573 e. The van der Waals surface area contributed by atoms with Gasteiger partial charge in [0.2, 0.25) is 0 Å². The molecule has 0 saturated heterocycles. The van der Waals surface area contributed by atoms with E-state index in [2.05, 4.69) is 26.0 Å². The van der Waals surface area contributed by atoms with Crippen LogP contribution in [0.25, 0.3) is 0 Å². The lowest BCUT2D eigenvalue weighted by Crippen LogP contribution is -2.19. The summed E-state index contributed by atoms with van der Waals surface area (Å²) >= 11 is 2.96. The molecular formula is C9H7BrF5NO. The average molecular weight is 320 g/mol. The molecule has 0 heterocycles. The highest BCUT2D eigenvalue weighted by atomic mass is 79.9. The van der Waals surface area contributed by atoms with Crippen LogP contribution < -0.4 is 10.1 Å².